The van der Waals surface area contributed by atoms with Crippen molar-refractivity contribution in [2.75, 3.05) is 30.0 Å². The molecule has 1 aliphatic heterocycles. The SMILES string of the molecule is C=CCN(C(=O)[C@@H]1CC(=O)N(c2ccccc2OC)C1)c1nc2c(s1)CCCC2. The second kappa shape index (κ2) is 8.37. The van der Waals surface area contributed by atoms with Crippen molar-refractivity contribution in [3.05, 3.63) is 47.5 Å². The third kappa shape index (κ3) is 3.79. The highest BCUT2D eigenvalue weighted by atomic mass is 32.1. The molecule has 0 saturated carbocycles. The van der Waals surface area contributed by atoms with Gasteiger partial charge in [-0.1, -0.05) is 18.2 Å². The van der Waals surface area contributed by atoms with Gasteiger partial charge in [0, 0.05) is 24.4 Å². The van der Waals surface area contributed by atoms with Gasteiger partial charge in [-0.25, -0.2) is 4.98 Å². The fraction of sp³-hybridized carbons (Fsp3) is 0.409. The molecule has 0 spiro atoms. The van der Waals surface area contributed by atoms with Crippen LogP contribution in [-0.4, -0.2) is 37.0 Å². The number of carbonyl (C=O) groups is 2. The van der Waals surface area contributed by atoms with Crippen molar-refractivity contribution in [1.29, 1.82) is 0 Å². The fourth-order valence-corrected chi connectivity index (χ4v) is 5.19. The molecule has 7 heteroatoms. The molecule has 1 aromatic heterocycles. The standard InChI is InChI=1S/C22H25N3O3S/c1-3-12-24(22-23-16-8-4-7-11-19(16)29-22)21(27)15-13-20(26)25(14-15)17-9-5-6-10-18(17)28-2/h3,5-6,9-10,15H,1,4,7-8,11-14H2,2H3/t15-/m1/s1. The quantitative estimate of drug-likeness (QED) is 0.682. The van der Waals surface area contributed by atoms with Gasteiger partial charge in [-0.2, -0.15) is 0 Å². The van der Waals surface area contributed by atoms with Gasteiger partial charge in [0.05, 0.1) is 24.4 Å². The van der Waals surface area contributed by atoms with Crippen molar-refractivity contribution >= 4 is 34.0 Å². The molecule has 2 aliphatic rings. The molecule has 152 valence electrons. The molecular weight excluding hydrogens is 386 g/mol. The maximum absolute atomic E-state index is 13.4. The van der Waals surface area contributed by atoms with Crippen LogP contribution in [0.3, 0.4) is 0 Å². The molecule has 0 bridgehead atoms. The van der Waals surface area contributed by atoms with Crippen LogP contribution in [0.25, 0.3) is 0 Å². The zero-order valence-electron chi connectivity index (χ0n) is 16.6. The summed E-state index contributed by atoms with van der Waals surface area (Å²) in [5.74, 6) is 0.0874. The predicted molar refractivity (Wildman–Crippen MR) is 115 cm³/mol. The Morgan fingerprint density at radius 3 is 2.93 bits per heavy atom. The van der Waals surface area contributed by atoms with Crippen molar-refractivity contribution in [3.8, 4) is 5.75 Å². The molecule has 2 amide bonds. The van der Waals surface area contributed by atoms with Gasteiger partial charge in [0.2, 0.25) is 11.8 Å². The molecule has 1 atom stereocenters. The van der Waals surface area contributed by atoms with Crippen molar-refractivity contribution < 1.29 is 14.3 Å². The number of aromatic nitrogens is 1. The first-order chi connectivity index (χ1) is 14.1. The maximum Gasteiger partial charge on any atom is 0.234 e. The summed E-state index contributed by atoms with van der Waals surface area (Å²) in [6, 6.07) is 7.40. The second-order valence-electron chi connectivity index (χ2n) is 7.39. The lowest BCUT2D eigenvalue weighted by Crippen LogP contribution is -2.37. The minimum atomic E-state index is -0.409. The Bertz CT molecular complexity index is 916. The lowest BCUT2D eigenvalue weighted by atomic mass is 10.0. The summed E-state index contributed by atoms with van der Waals surface area (Å²) >= 11 is 1.60. The van der Waals surface area contributed by atoms with Crippen LogP contribution in [-0.2, 0) is 22.4 Å². The second-order valence-corrected chi connectivity index (χ2v) is 8.45. The molecule has 1 fully saturated rings. The van der Waals surface area contributed by atoms with E-state index >= 15 is 0 Å². The van der Waals surface area contributed by atoms with Gasteiger partial charge in [-0.15, -0.1) is 17.9 Å². The zero-order valence-corrected chi connectivity index (χ0v) is 17.4. The number of aryl methyl sites for hydroxylation is 2. The van der Waals surface area contributed by atoms with Crippen LogP contribution in [0.5, 0.6) is 5.75 Å². The van der Waals surface area contributed by atoms with Crippen LogP contribution in [0.4, 0.5) is 10.8 Å². The Morgan fingerprint density at radius 2 is 2.17 bits per heavy atom. The van der Waals surface area contributed by atoms with Crippen LogP contribution in [0.1, 0.15) is 29.8 Å². The molecule has 0 unspecified atom stereocenters. The third-order valence-corrected chi connectivity index (χ3v) is 6.67. The van der Waals surface area contributed by atoms with Gasteiger partial charge in [-0.3, -0.25) is 14.5 Å². The summed E-state index contributed by atoms with van der Waals surface area (Å²) in [4.78, 5) is 35.4. The molecule has 1 saturated heterocycles. The Hall–Kier alpha value is -2.67. The summed E-state index contributed by atoms with van der Waals surface area (Å²) in [6.45, 7) is 4.54. The Kier molecular flexibility index (Phi) is 5.67. The van der Waals surface area contributed by atoms with E-state index < -0.39 is 5.92 Å². The summed E-state index contributed by atoms with van der Waals surface area (Å²) in [6.07, 6.45) is 6.24. The largest absolute Gasteiger partial charge is 0.495 e. The summed E-state index contributed by atoms with van der Waals surface area (Å²) in [5.41, 5.74) is 1.83. The predicted octanol–water partition coefficient (Wildman–Crippen LogP) is 3.60. The first-order valence-electron chi connectivity index (χ1n) is 9.96. The van der Waals surface area contributed by atoms with Crippen molar-refractivity contribution in [2.24, 2.45) is 5.92 Å². The molecule has 1 aromatic carbocycles. The first-order valence-corrected chi connectivity index (χ1v) is 10.8. The highest BCUT2D eigenvalue weighted by molar-refractivity contribution is 7.16. The van der Waals surface area contributed by atoms with Gasteiger partial charge in [-0.05, 0) is 37.8 Å². The fourth-order valence-electron chi connectivity index (χ4n) is 4.02. The van der Waals surface area contributed by atoms with Crippen molar-refractivity contribution in [2.45, 2.75) is 32.1 Å². The van der Waals surface area contributed by atoms with E-state index in [1.807, 2.05) is 24.3 Å². The van der Waals surface area contributed by atoms with E-state index in [0.717, 1.165) is 30.1 Å². The van der Waals surface area contributed by atoms with E-state index in [4.69, 9.17) is 9.72 Å². The number of hydrogen-bond donors (Lipinski definition) is 0. The molecule has 0 radical (unpaired) electrons. The van der Waals surface area contributed by atoms with Gasteiger partial charge >= 0.3 is 0 Å². The summed E-state index contributed by atoms with van der Waals surface area (Å²) in [7, 11) is 1.58. The van der Waals surface area contributed by atoms with Crippen LogP contribution in [0.2, 0.25) is 0 Å². The van der Waals surface area contributed by atoms with Gasteiger partial charge in [0.1, 0.15) is 5.75 Å². The van der Waals surface area contributed by atoms with E-state index in [0.29, 0.717) is 24.5 Å². The lowest BCUT2D eigenvalue weighted by Gasteiger charge is -2.22. The molecular formula is C22H25N3O3S. The number of amides is 2. The number of para-hydroxylation sites is 2. The molecule has 0 N–H and O–H groups in total. The number of benzene rings is 1. The Morgan fingerprint density at radius 1 is 1.38 bits per heavy atom. The van der Waals surface area contributed by atoms with Crippen LogP contribution in [0.15, 0.2) is 36.9 Å². The Balaban J connectivity index is 1.56. The third-order valence-electron chi connectivity index (χ3n) is 5.49. The first kappa shape index (κ1) is 19.6. The number of rotatable bonds is 6. The van der Waals surface area contributed by atoms with Gasteiger partial charge in [0.15, 0.2) is 5.13 Å². The van der Waals surface area contributed by atoms with Gasteiger partial charge < -0.3 is 9.64 Å². The summed E-state index contributed by atoms with van der Waals surface area (Å²) in [5, 5.41) is 0.727. The maximum atomic E-state index is 13.4. The van der Waals surface area contributed by atoms with E-state index in [2.05, 4.69) is 6.58 Å². The minimum absolute atomic E-state index is 0.0650. The molecule has 4 rings (SSSR count). The van der Waals surface area contributed by atoms with Crippen LogP contribution in [0, 0.1) is 5.92 Å². The molecule has 2 heterocycles. The highest BCUT2D eigenvalue weighted by Gasteiger charge is 2.39. The molecule has 2 aromatic rings. The monoisotopic (exact) mass is 411 g/mol. The van der Waals surface area contributed by atoms with Gasteiger partial charge in [0.25, 0.3) is 0 Å². The van der Waals surface area contributed by atoms with E-state index in [1.165, 1.54) is 11.3 Å². The van der Waals surface area contributed by atoms with Crippen LogP contribution < -0.4 is 14.5 Å². The molecule has 1 aliphatic carbocycles. The number of fused-ring (bicyclic) bond motifs is 1. The molecule has 6 nitrogen and oxygen atoms in total. The number of thiazole rings is 1. The topological polar surface area (TPSA) is 62.7 Å². The highest BCUT2D eigenvalue weighted by Crippen LogP contribution is 2.36. The minimum Gasteiger partial charge on any atom is -0.495 e. The normalized spacial score (nSPS) is 18.4. The van der Waals surface area contributed by atoms with Crippen molar-refractivity contribution in [1.82, 2.24) is 4.98 Å². The number of carbonyl (C=O) groups excluding carboxylic acids is 2. The number of hydrogen-bond acceptors (Lipinski definition) is 5. The van der Waals surface area contributed by atoms with Crippen LogP contribution >= 0.6 is 11.3 Å². The van der Waals surface area contributed by atoms with E-state index in [9.17, 15) is 9.59 Å². The number of ether oxygens (including phenoxy) is 1. The van der Waals surface area contributed by atoms with Crippen molar-refractivity contribution in [3.63, 3.8) is 0 Å². The lowest BCUT2D eigenvalue weighted by molar-refractivity contribution is -0.124. The number of anilines is 2. The smallest absolute Gasteiger partial charge is 0.234 e. The zero-order chi connectivity index (χ0) is 20.4. The number of methoxy groups -OCH3 is 1. The number of nitrogens with zero attached hydrogens (tertiary/aromatic N) is 3. The average molecular weight is 412 g/mol. The van der Waals surface area contributed by atoms with E-state index in [-0.39, 0.29) is 18.2 Å². The Labute approximate surface area is 174 Å². The molecule has 29 heavy (non-hydrogen) atoms. The van der Waals surface area contributed by atoms with E-state index in [1.54, 1.807) is 34.3 Å². The average Bonchev–Trinajstić information content (AvgIpc) is 3.34. The summed E-state index contributed by atoms with van der Waals surface area (Å²) < 4.78 is 5.39.